The summed E-state index contributed by atoms with van der Waals surface area (Å²) >= 11 is 0. The molecule has 6 nitrogen and oxygen atoms in total. The van der Waals surface area contributed by atoms with Gasteiger partial charge in [0.05, 0.1) is 11.9 Å². The zero-order valence-corrected chi connectivity index (χ0v) is 19.0. The first-order valence-corrected chi connectivity index (χ1v) is 12.1. The number of rotatable bonds is 6. The lowest BCUT2D eigenvalue weighted by Gasteiger charge is -2.38. The summed E-state index contributed by atoms with van der Waals surface area (Å²) in [4.78, 5) is 17.3. The van der Waals surface area contributed by atoms with Crippen molar-refractivity contribution in [3.05, 3.63) is 65.2 Å². The summed E-state index contributed by atoms with van der Waals surface area (Å²) in [6.45, 7) is 9.20. The summed E-state index contributed by atoms with van der Waals surface area (Å²) in [5.41, 5.74) is 3.86. The highest BCUT2D eigenvalue weighted by atomic mass is 32.2. The Morgan fingerprint density at radius 1 is 1.00 bits per heavy atom. The lowest BCUT2D eigenvalue weighted by molar-refractivity contribution is -0.133. The molecule has 7 heteroatoms. The molecule has 2 aromatic carbocycles. The number of amides is 1. The van der Waals surface area contributed by atoms with Gasteiger partial charge in [0.15, 0.2) is 0 Å². The van der Waals surface area contributed by atoms with Gasteiger partial charge in [-0.1, -0.05) is 36.4 Å². The first kappa shape index (κ1) is 22.3. The van der Waals surface area contributed by atoms with E-state index in [2.05, 4.69) is 17.0 Å². The summed E-state index contributed by atoms with van der Waals surface area (Å²) < 4.78 is 26.4. The van der Waals surface area contributed by atoms with Crippen molar-refractivity contribution in [1.29, 1.82) is 0 Å². The number of aryl methyl sites for hydroxylation is 2. The molecule has 1 amide bonds. The van der Waals surface area contributed by atoms with Crippen LogP contribution < -0.4 is 4.31 Å². The van der Waals surface area contributed by atoms with Gasteiger partial charge in [0.2, 0.25) is 15.9 Å². The van der Waals surface area contributed by atoms with Crippen molar-refractivity contribution in [3.8, 4) is 0 Å². The quantitative estimate of drug-likeness (QED) is 0.709. The third-order valence-electron chi connectivity index (χ3n) is 5.74. The number of anilines is 1. The Morgan fingerprint density at radius 3 is 2.20 bits per heavy atom. The molecule has 0 N–H and O–H groups in total. The van der Waals surface area contributed by atoms with E-state index < -0.39 is 16.1 Å². The number of carbonyl (C=O) groups excluding carboxylic acids is 1. The fraction of sp³-hybridized carbons (Fsp3) is 0.435. The largest absolute Gasteiger partial charge is 0.338 e. The molecule has 0 radical (unpaired) electrons. The topological polar surface area (TPSA) is 60.9 Å². The Bertz CT molecular complexity index is 984. The van der Waals surface area contributed by atoms with Gasteiger partial charge in [-0.05, 0) is 49.6 Å². The molecule has 30 heavy (non-hydrogen) atoms. The Balaban J connectivity index is 1.69. The highest BCUT2D eigenvalue weighted by Crippen LogP contribution is 2.24. The minimum atomic E-state index is -3.61. The van der Waals surface area contributed by atoms with E-state index in [4.69, 9.17) is 0 Å². The van der Waals surface area contributed by atoms with Gasteiger partial charge in [-0.3, -0.25) is 14.0 Å². The standard InChI is InChI=1S/C23H31N3O3S/c1-18-10-11-22(16-19(18)2)26(30(4,28)29)20(3)23(27)25-14-12-24(13-15-25)17-21-8-6-5-7-9-21/h5-11,16,20H,12-15,17H2,1-4H3/t20-/m0/s1. The van der Waals surface area contributed by atoms with Crippen molar-refractivity contribution < 1.29 is 13.2 Å². The molecule has 1 aliphatic heterocycles. The third kappa shape index (κ3) is 5.21. The number of benzene rings is 2. The average Bonchev–Trinajstić information content (AvgIpc) is 2.70. The predicted molar refractivity (Wildman–Crippen MR) is 121 cm³/mol. The SMILES string of the molecule is Cc1ccc(N([C@@H](C)C(=O)N2CCN(Cc3ccccc3)CC2)S(C)(=O)=O)cc1C. The molecular weight excluding hydrogens is 398 g/mol. The van der Waals surface area contributed by atoms with Gasteiger partial charge < -0.3 is 4.90 Å². The van der Waals surface area contributed by atoms with Gasteiger partial charge >= 0.3 is 0 Å². The number of hydrogen-bond acceptors (Lipinski definition) is 4. The van der Waals surface area contributed by atoms with Crippen molar-refractivity contribution in [2.75, 3.05) is 36.7 Å². The molecule has 1 heterocycles. The number of sulfonamides is 1. The average molecular weight is 430 g/mol. The van der Waals surface area contributed by atoms with E-state index >= 15 is 0 Å². The van der Waals surface area contributed by atoms with Gasteiger partial charge in [-0.15, -0.1) is 0 Å². The van der Waals surface area contributed by atoms with Crippen molar-refractivity contribution in [2.45, 2.75) is 33.4 Å². The molecule has 1 fully saturated rings. The highest BCUT2D eigenvalue weighted by molar-refractivity contribution is 7.92. The van der Waals surface area contributed by atoms with E-state index in [1.807, 2.05) is 44.2 Å². The fourth-order valence-corrected chi connectivity index (χ4v) is 5.06. The first-order valence-electron chi connectivity index (χ1n) is 10.3. The van der Waals surface area contributed by atoms with E-state index in [0.29, 0.717) is 18.8 Å². The fourth-order valence-electron chi connectivity index (χ4n) is 3.90. The Morgan fingerprint density at radius 2 is 1.63 bits per heavy atom. The minimum Gasteiger partial charge on any atom is -0.338 e. The van der Waals surface area contributed by atoms with Gasteiger partial charge in [0, 0.05) is 32.7 Å². The van der Waals surface area contributed by atoms with Crippen LogP contribution in [0.15, 0.2) is 48.5 Å². The summed E-state index contributed by atoms with van der Waals surface area (Å²) in [7, 11) is -3.61. The molecule has 0 aliphatic carbocycles. The van der Waals surface area contributed by atoms with E-state index in [9.17, 15) is 13.2 Å². The molecule has 2 aromatic rings. The van der Waals surface area contributed by atoms with Crippen LogP contribution in [0.25, 0.3) is 0 Å². The second-order valence-corrected chi connectivity index (χ2v) is 9.95. The highest BCUT2D eigenvalue weighted by Gasteiger charge is 2.33. The Hall–Kier alpha value is -2.38. The summed E-state index contributed by atoms with van der Waals surface area (Å²) in [6, 6.07) is 15.0. The normalized spacial score (nSPS) is 16.3. The second kappa shape index (κ2) is 9.18. The zero-order valence-electron chi connectivity index (χ0n) is 18.2. The van der Waals surface area contributed by atoms with Gasteiger partial charge in [-0.25, -0.2) is 8.42 Å². The van der Waals surface area contributed by atoms with Crippen LogP contribution in [0.1, 0.15) is 23.6 Å². The van der Waals surface area contributed by atoms with E-state index in [1.54, 1.807) is 17.9 Å². The maximum atomic E-state index is 13.2. The van der Waals surface area contributed by atoms with Crippen LogP contribution in [-0.4, -0.2) is 62.6 Å². The van der Waals surface area contributed by atoms with Gasteiger partial charge in [0.25, 0.3) is 0 Å². The number of hydrogen-bond donors (Lipinski definition) is 0. The van der Waals surface area contributed by atoms with Crippen molar-refractivity contribution in [2.24, 2.45) is 0 Å². The summed E-state index contributed by atoms with van der Waals surface area (Å²) in [5.74, 6) is -0.155. The van der Waals surface area contributed by atoms with Crippen molar-refractivity contribution >= 4 is 21.6 Å². The molecule has 1 aliphatic rings. The number of nitrogens with zero attached hydrogens (tertiary/aromatic N) is 3. The van der Waals surface area contributed by atoms with E-state index in [0.717, 1.165) is 37.0 Å². The van der Waals surface area contributed by atoms with Crippen LogP contribution in [0.4, 0.5) is 5.69 Å². The summed E-state index contributed by atoms with van der Waals surface area (Å²) in [6.07, 6.45) is 1.16. The first-order chi connectivity index (χ1) is 14.2. The smallest absolute Gasteiger partial charge is 0.246 e. The van der Waals surface area contributed by atoms with Crippen LogP contribution in [0.2, 0.25) is 0 Å². The molecule has 1 saturated heterocycles. The van der Waals surface area contributed by atoms with Crippen molar-refractivity contribution in [1.82, 2.24) is 9.80 Å². The molecule has 0 spiro atoms. The van der Waals surface area contributed by atoms with Crippen LogP contribution in [-0.2, 0) is 21.4 Å². The molecular formula is C23H31N3O3S. The number of piperazine rings is 1. The molecule has 0 bridgehead atoms. The molecule has 0 saturated carbocycles. The second-order valence-electron chi connectivity index (χ2n) is 8.09. The lowest BCUT2D eigenvalue weighted by atomic mass is 10.1. The van der Waals surface area contributed by atoms with Crippen molar-refractivity contribution in [3.63, 3.8) is 0 Å². The van der Waals surface area contributed by atoms with Crippen LogP contribution in [0.5, 0.6) is 0 Å². The molecule has 0 aromatic heterocycles. The predicted octanol–water partition coefficient (Wildman–Crippen LogP) is 2.80. The molecule has 0 unspecified atom stereocenters. The Kier molecular flexibility index (Phi) is 6.83. The maximum Gasteiger partial charge on any atom is 0.246 e. The molecule has 1 atom stereocenters. The molecule has 162 valence electrons. The van der Waals surface area contributed by atoms with E-state index in [1.165, 1.54) is 9.87 Å². The molecule has 3 rings (SSSR count). The van der Waals surface area contributed by atoms with Crippen LogP contribution in [0.3, 0.4) is 0 Å². The van der Waals surface area contributed by atoms with Gasteiger partial charge in [-0.2, -0.15) is 0 Å². The number of carbonyl (C=O) groups is 1. The van der Waals surface area contributed by atoms with Crippen LogP contribution >= 0.6 is 0 Å². The Labute approximate surface area is 180 Å². The minimum absolute atomic E-state index is 0.155. The summed E-state index contributed by atoms with van der Waals surface area (Å²) in [5, 5.41) is 0. The third-order valence-corrected chi connectivity index (χ3v) is 6.99. The van der Waals surface area contributed by atoms with E-state index in [-0.39, 0.29) is 5.91 Å². The van der Waals surface area contributed by atoms with Gasteiger partial charge in [0.1, 0.15) is 6.04 Å². The monoisotopic (exact) mass is 429 g/mol. The lowest BCUT2D eigenvalue weighted by Crippen LogP contribution is -2.55. The zero-order chi connectivity index (χ0) is 21.9. The van der Waals surface area contributed by atoms with Crippen LogP contribution in [0, 0.1) is 13.8 Å². The maximum absolute atomic E-state index is 13.2.